The molecule has 0 N–H and O–H groups in total. The Morgan fingerprint density at radius 1 is 1.27 bits per heavy atom. The second kappa shape index (κ2) is 7.67. The normalized spacial score (nSPS) is 13.4. The van der Waals surface area contributed by atoms with Crippen molar-refractivity contribution in [3.05, 3.63) is 5.92 Å². The molecule has 0 aromatic heterocycles. The van der Waals surface area contributed by atoms with E-state index >= 15 is 0 Å². The summed E-state index contributed by atoms with van der Waals surface area (Å²) in [6.45, 7) is 7.83. The molecule has 0 rings (SSSR count). The summed E-state index contributed by atoms with van der Waals surface area (Å²) >= 11 is 0. The monoisotopic (exact) mass is 234 g/mol. The molecule has 0 aromatic rings. The van der Waals surface area contributed by atoms with Gasteiger partial charge in [-0.25, -0.2) is 0 Å². The van der Waals surface area contributed by atoms with Gasteiger partial charge in [-0.15, -0.1) is 0 Å². The maximum atomic E-state index is 12.5. The van der Waals surface area contributed by atoms with E-state index in [0.29, 0.717) is 5.92 Å². The Hall–Kier alpha value is 1.03. The van der Waals surface area contributed by atoms with Gasteiger partial charge in [-0.2, -0.15) is 13.3 Å². The summed E-state index contributed by atoms with van der Waals surface area (Å²) in [5, 5.41) is 0. The molecule has 11 heavy (non-hydrogen) atoms. The second-order valence-corrected chi connectivity index (χ2v) is 3.39. The first-order chi connectivity index (χ1) is 4.54. The van der Waals surface area contributed by atoms with E-state index in [1.807, 2.05) is 6.92 Å². The molecule has 0 saturated heterocycles. The van der Waals surface area contributed by atoms with Gasteiger partial charge in [0.05, 0.1) is 0 Å². The van der Waals surface area contributed by atoms with Crippen molar-refractivity contribution in [1.29, 1.82) is 0 Å². The van der Waals surface area contributed by atoms with E-state index in [4.69, 9.17) is 0 Å². The van der Waals surface area contributed by atoms with Crippen molar-refractivity contribution < 1.29 is 37.1 Å². The molecule has 1 unspecified atom stereocenters. The largest absolute Gasteiger partial charge is 0.283 e. The summed E-state index contributed by atoms with van der Waals surface area (Å²) < 4.78 is 12.5. The Bertz CT molecular complexity index is 81.6. The van der Waals surface area contributed by atoms with Gasteiger partial charge >= 0.3 is 0 Å². The molecule has 0 bridgehead atoms. The first-order valence-corrected chi connectivity index (χ1v) is 4.00. The summed E-state index contributed by atoms with van der Waals surface area (Å²) in [7, 11) is 0. The van der Waals surface area contributed by atoms with Crippen LogP contribution in [0.3, 0.4) is 0 Å². The third-order valence-electron chi connectivity index (χ3n) is 1.80. The molecule has 0 saturated carbocycles. The minimum atomic E-state index is -0.723. The summed E-state index contributed by atoms with van der Waals surface area (Å²) in [5.41, 5.74) is 0. The molecule has 0 heterocycles. The zero-order chi connectivity index (χ0) is 8.15. The van der Waals surface area contributed by atoms with Crippen LogP contribution in [0.25, 0.3) is 0 Å². The molecule has 1 atom stereocenters. The van der Waals surface area contributed by atoms with Gasteiger partial charge < -0.3 is 0 Å². The molecule has 0 aliphatic heterocycles. The molecule has 0 aromatic carbocycles. The third-order valence-corrected chi connectivity index (χ3v) is 1.80. The van der Waals surface area contributed by atoms with Crippen molar-refractivity contribution in [2.45, 2.75) is 46.7 Å². The van der Waals surface area contributed by atoms with Crippen molar-refractivity contribution >= 4 is 0 Å². The van der Waals surface area contributed by atoms with Gasteiger partial charge in [0.15, 0.2) is 0 Å². The minimum Gasteiger partial charge on any atom is -0.283 e. The Labute approximate surface area is 95.2 Å². The second-order valence-electron chi connectivity index (χ2n) is 3.39. The van der Waals surface area contributed by atoms with Crippen LogP contribution in [0.2, 0.25) is 0 Å². The molecule has 0 fully saturated rings. The zero-order valence-corrected chi connectivity index (χ0v) is 10.9. The van der Waals surface area contributed by atoms with Gasteiger partial charge in [-0.1, -0.05) is 27.2 Å². The molecule has 0 aliphatic rings. The number of alkyl halides is 1. The molecule has 0 nitrogen and oxygen atoms in total. The average Bonchev–Trinajstić information content (AvgIpc) is 1.82. The van der Waals surface area contributed by atoms with E-state index in [1.165, 1.54) is 0 Å². The molecule has 0 spiro atoms. The van der Waals surface area contributed by atoms with Gasteiger partial charge in [0.2, 0.25) is 0 Å². The van der Waals surface area contributed by atoms with Crippen LogP contribution in [0.4, 0.5) is 4.39 Å². The van der Waals surface area contributed by atoms with Gasteiger partial charge in [-0.05, 0) is 12.1 Å². The molecule has 65 valence electrons. The van der Waals surface area contributed by atoms with Crippen LogP contribution >= 0.6 is 0 Å². The Morgan fingerprint density at radius 3 is 2.00 bits per heavy atom. The van der Waals surface area contributed by atoms with E-state index in [9.17, 15) is 4.39 Å². The maximum Gasteiger partial charge on any atom is 0 e. The Kier molecular flexibility index (Phi) is 10.1. The van der Waals surface area contributed by atoms with Crippen molar-refractivity contribution in [3.8, 4) is 0 Å². The van der Waals surface area contributed by atoms with Crippen LogP contribution in [-0.4, -0.2) is 6.17 Å². The topological polar surface area (TPSA) is 0 Å². The molecular formula is C9H18FY-. The van der Waals surface area contributed by atoms with Gasteiger partial charge in [0, 0.05) is 32.7 Å². The first-order valence-electron chi connectivity index (χ1n) is 4.00. The van der Waals surface area contributed by atoms with Crippen LogP contribution in [0.1, 0.15) is 40.5 Å². The van der Waals surface area contributed by atoms with E-state index < -0.39 is 6.17 Å². The van der Waals surface area contributed by atoms with E-state index in [2.05, 4.69) is 13.8 Å². The van der Waals surface area contributed by atoms with Crippen LogP contribution in [0, 0.1) is 11.8 Å². The fraction of sp³-hybridized carbons (Fsp3) is 0.889. The quantitative estimate of drug-likeness (QED) is 0.654. The van der Waals surface area contributed by atoms with Crippen molar-refractivity contribution in [2.75, 3.05) is 0 Å². The predicted molar refractivity (Wildman–Crippen MR) is 43.6 cm³/mol. The number of halogens is 1. The summed E-state index contributed by atoms with van der Waals surface area (Å²) in [5.74, 6) is 1.67. The SMILES string of the molecule is C[C-](CCC(C)C)C(C)F.[Y]. The Morgan fingerprint density at radius 2 is 1.73 bits per heavy atom. The van der Waals surface area contributed by atoms with Gasteiger partial charge in [0.25, 0.3) is 0 Å². The summed E-state index contributed by atoms with van der Waals surface area (Å²) in [4.78, 5) is 0. The maximum absolute atomic E-state index is 12.5. The third kappa shape index (κ3) is 8.94. The van der Waals surface area contributed by atoms with Crippen LogP contribution in [0.15, 0.2) is 0 Å². The van der Waals surface area contributed by atoms with E-state index in [-0.39, 0.29) is 32.7 Å². The van der Waals surface area contributed by atoms with Crippen LogP contribution in [-0.2, 0) is 32.7 Å². The fourth-order valence-corrected chi connectivity index (χ4v) is 0.715. The van der Waals surface area contributed by atoms with E-state index in [0.717, 1.165) is 18.8 Å². The molecular weight excluding hydrogens is 216 g/mol. The van der Waals surface area contributed by atoms with Crippen LogP contribution < -0.4 is 0 Å². The summed E-state index contributed by atoms with van der Waals surface area (Å²) in [6.07, 6.45) is 1.33. The van der Waals surface area contributed by atoms with Gasteiger partial charge in [-0.3, -0.25) is 10.3 Å². The minimum absolute atomic E-state index is 0. The molecule has 0 aliphatic carbocycles. The van der Waals surface area contributed by atoms with Crippen molar-refractivity contribution in [1.82, 2.24) is 0 Å². The number of rotatable bonds is 4. The van der Waals surface area contributed by atoms with Gasteiger partial charge in [0.1, 0.15) is 0 Å². The zero-order valence-electron chi connectivity index (χ0n) is 8.02. The van der Waals surface area contributed by atoms with Crippen molar-refractivity contribution in [2.24, 2.45) is 5.92 Å². The average molecular weight is 234 g/mol. The smallest absolute Gasteiger partial charge is 0 e. The Balaban J connectivity index is 0. The fourth-order valence-electron chi connectivity index (χ4n) is 0.715. The standard InChI is InChI=1S/C9H18F.Y/c1-7(2)5-6-8(3)9(4)10;/h7,9H,5-6H2,1-4H3;/q-1;. The molecule has 0 amide bonds. The van der Waals surface area contributed by atoms with Crippen LogP contribution in [0.5, 0.6) is 0 Å². The predicted octanol–water partition coefficient (Wildman–Crippen LogP) is 3.37. The molecule has 1 radical (unpaired) electrons. The molecule has 2 heteroatoms. The first kappa shape index (κ1) is 14.6. The van der Waals surface area contributed by atoms with E-state index in [1.54, 1.807) is 6.92 Å². The summed E-state index contributed by atoms with van der Waals surface area (Å²) in [6, 6.07) is 0. The van der Waals surface area contributed by atoms with Crippen molar-refractivity contribution in [3.63, 3.8) is 0 Å². The number of hydrogen-bond acceptors (Lipinski definition) is 0. The number of hydrogen-bond donors (Lipinski definition) is 0.